The summed E-state index contributed by atoms with van der Waals surface area (Å²) in [5.74, 6) is -1.04. The van der Waals surface area contributed by atoms with E-state index in [-0.39, 0.29) is 35.5 Å². The van der Waals surface area contributed by atoms with Crippen molar-refractivity contribution in [3.05, 3.63) is 17.9 Å². The van der Waals surface area contributed by atoms with Gasteiger partial charge in [0.25, 0.3) is 0 Å². The average Bonchev–Trinajstić information content (AvgIpc) is 2.34. The Morgan fingerprint density at radius 1 is 1.45 bits per heavy atom. The van der Waals surface area contributed by atoms with Crippen LogP contribution in [0.4, 0.5) is 10.1 Å². The van der Waals surface area contributed by atoms with Crippen molar-refractivity contribution in [2.75, 3.05) is 26.0 Å². The topological polar surface area (TPSA) is 92.9 Å². The van der Waals surface area contributed by atoms with Gasteiger partial charge < -0.3 is 15.6 Å². The molecule has 0 heterocycles. The SMILES string of the molecule is COc1c(N)cc(S(=O)(=O)N(CCO)C(C)C)cc1F. The van der Waals surface area contributed by atoms with Crippen LogP contribution in [0.5, 0.6) is 5.75 Å². The van der Waals surface area contributed by atoms with Crippen LogP contribution in [0.15, 0.2) is 17.0 Å². The van der Waals surface area contributed by atoms with Gasteiger partial charge >= 0.3 is 0 Å². The number of rotatable bonds is 6. The van der Waals surface area contributed by atoms with Crippen molar-refractivity contribution in [1.82, 2.24) is 4.31 Å². The molecule has 0 saturated carbocycles. The number of nitrogens with two attached hydrogens (primary N) is 1. The first kappa shape index (κ1) is 16.7. The number of sulfonamides is 1. The summed E-state index contributed by atoms with van der Waals surface area (Å²) in [5.41, 5.74) is 5.48. The maximum absolute atomic E-state index is 13.8. The van der Waals surface area contributed by atoms with Crippen molar-refractivity contribution in [2.45, 2.75) is 24.8 Å². The van der Waals surface area contributed by atoms with Crippen LogP contribution in [0.2, 0.25) is 0 Å². The van der Waals surface area contributed by atoms with Gasteiger partial charge in [0, 0.05) is 12.6 Å². The molecule has 1 aromatic rings. The van der Waals surface area contributed by atoms with E-state index in [2.05, 4.69) is 0 Å². The van der Waals surface area contributed by atoms with E-state index >= 15 is 0 Å². The fourth-order valence-corrected chi connectivity index (χ4v) is 3.52. The molecule has 0 unspecified atom stereocenters. The zero-order chi connectivity index (χ0) is 15.5. The quantitative estimate of drug-likeness (QED) is 0.759. The van der Waals surface area contributed by atoms with Crippen LogP contribution in [0.1, 0.15) is 13.8 Å². The third-order valence-electron chi connectivity index (χ3n) is 2.75. The predicted molar refractivity (Wildman–Crippen MR) is 73.5 cm³/mol. The minimum Gasteiger partial charge on any atom is -0.492 e. The van der Waals surface area contributed by atoms with Gasteiger partial charge in [-0.3, -0.25) is 0 Å². The summed E-state index contributed by atoms with van der Waals surface area (Å²) in [5, 5.41) is 8.96. The highest BCUT2D eigenvalue weighted by Crippen LogP contribution is 2.30. The van der Waals surface area contributed by atoms with E-state index < -0.39 is 15.8 Å². The Hall–Kier alpha value is -1.38. The van der Waals surface area contributed by atoms with Gasteiger partial charge in [-0.25, -0.2) is 12.8 Å². The first-order chi connectivity index (χ1) is 9.25. The fourth-order valence-electron chi connectivity index (χ4n) is 1.84. The van der Waals surface area contributed by atoms with Gasteiger partial charge in [-0.15, -0.1) is 0 Å². The molecule has 0 amide bonds. The van der Waals surface area contributed by atoms with Gasteiger partial charge in [0.05, 0.1) is 24.3 Å². The number of ether oxygens (including phenoxy) is 1. The molecule has 0 atom stereocenters. The molecule has 0 aromatic heterocycles. The first-order valence-electron chi connectivity index (χ1n) is 6.01. The zero-order valence-corrected chi connectivity index (χ0v) is 12.4. The molecule has 0 aliphatic heterocycles. The van der Waals surface area contributed by atoms with Crippen LogP contribution in [0.3, 0.4) is 0 Å². The van der Waals surface area contributed by atoms with Gasteiger partial charge in [0.15, 0.2) is 11.6 Å². The fraction of sp³-hybridized carbons (Fsp3) is 0.500. The largest absolute Gasteiger partial charge is 0.492 e. The molecule has 20 heavy (non-hydrogen) atoms. The second kappa shape index (κ2) is 6.38. The Morgan fingerprint density at radius 2 is 2.05 bits per heavy atom. The van der Waals surface area contributed by atoms with E-state index in [0.29, 0.717) is 0 Å². The summed E-state index contributed by atoms with van der Waals surface area (Å²) in [6.45, 7) is 2.92. The number of hydrogen-bond acceptors (Lipinski definition) is 5. The van der Waals surface area contributed by atoms with Crippen LogP contribution in [-0.4, -0.2) is 44.1 Å². The standard InChI is InChI=1S/C12H19FN2O4S/c1-8(2)15(4-5-16)20(17,18)9-6-10(13)12(19-3)11(14)7-9/h6-8,16H,4-5,14H2,1-3H3. The highest BCUT2D eigenvalue weighted by molar-refractivity contribution is 7.89. The van der Waals surface area contributed by atoms with Gasteiger partial charge in [-0.1, -0.05) is 0 Å². The number of methoxy groups -OCH3 is 1. The van der Waals surface area contributed by atoms with E-state index in [1.54, 1.807) is 13.8 Å². The number of halogens is 1. The van der Waals surface area contributed by atoms with E-state index in [9.17, 15) is 12.8 Å². The normalized spacial score (nSPS) is 12.2. The second-order valence-electron chi connectivity index (χ2n) is 4.46. The number of aliphatic hydroxyl groups excluding tert-OH is 1. The summed E-state index contributed by atoms with van der Waals surface area (Å²) in [4.78, 5) is -0.268. The molecule has 0 spiro atoms. The summed E-state index contributed by atoms with van der Waals surface area (Å²) in [6.07, 6.45) is 0. The van der Waals surface area contributed by atoms with E-state index in [4.69, 9.17) is 15.6 Å². The molecule has 0 bridgehead atoms. The molecule has 0 fully saturated rings. The molecule has 8 heteroatoms. The van der Waals surface area contributed by atoms with Crippen LogP contribution in [0.25, 0.3) is 0 Å². The monoisotopic (exact) mass is 306 g/mol. The Balaban J connectivity index is 3.35. The van der Waals surface area contributed by atoms with Crippen LogP contribution < -0.4 is 10.5 Å². The average molecular weight is 306 g/mol. The Kier molecular flexibility index (Phi) is 5.32. The van der Waals surface area contributed by atoms with Gasteiger partial charge in [0.1, 0.15) is 0 Å². The zero-order valence-electron chi connectivity index (χ0n) is 11.6. The Bertz CT molecular complexity index is 552. The van der Waals surface area contributed by atoms with Crippen molar-refractivity contribution < 1.29 is 22.7 Å². The molecular formula is C12H19FN2O4S. The van der Waals surface area contributed by atoms with E-state index in [0.717, 1.165) is 16.4 Å². The molecule has 1 rings (SSSR count). The molecule has 0 aliphatic rings. The minimum atomic E-state index is -3.93. The van der Waals surface area contributed by atoms with Crippen molar-refractivity contribution >= 4 is 15.7 Å². The molecule has 0 saturated heterocycles. The number of nitrogen functional groups attached to an aromatic ring is 1. The van der Waals surface area contributed by atoms with Crippen molar-refractivity contribution in [3.8, 4) is 5.75 Å². The van der Waals surface area contributed by atoms with Crippen LogP contribution in [0, 0.1) is 5.82 Å². The summed E-state index contributed by atoms with van der Waals surface area (Å²) in [7, 11) is -2.69. The van der Waals surface area contributed by atoms with Crippen LogP contribution in [-0.2, 0) is 10.0 Å². The second-order valence-corrected chi connectivity index (χ2v) is 6.35. The lowest BCUT2D eigenvalue weighted by atomic mass is 10.3. The van der Waals surface area contributed by atoms with Crippen LogP contribution >= 0.6 is 0 Å². The maximum atomic E-state index is 13.8. The minimum absolute atomic E-state index is 0.0758. The molecule has 0 radical (unpaired) electrons. The van der Waals surface area contributed by atoms with Crippen molar-refractivity contribution in [2.24, 2.45) is 0 Å². The lowest BCUT2D eigenvalue weighted by Crippen LogP contribution is -2.39. The smallest absolute Gasteiger partial charge is 0.243 e. The number of anilines is 1. The lowest BCUT2D eigenvalue weighted by Gasteiger charge is -2.25. The number of benzene rings is 1. The summed E-state index contributed by atoms with van der Waals surface area (Å²) < 4.78 is 44.4. The molecule has 1 aromatic carbocycles. The predicted octanol–water partition coefficient (Wildman–Crippen LogP) is 0.808. The molecular weight excluding hydrogens is 287 g/mol. The third kappa shape index (κ3) is 3.20. The Labute approximate surface area is 118 Å². The maximum Gasteiger partial charge on any atom is 0.243 e. The highest BCUT2D eigenvalue weighted by atomic mass is 32.2. The molecule has 114 valence electrons. The summed E-state index contributed by atoms with van der Waals surface area (Å²) in [6, 6.07) is 1.62. The van der Waals surface area contributed by atoms with E-state index in [1.165, 1.54) is 7.11 Å². The molecule has 6 nitrogen and oxygen atoms in total. The van der Waals surface area contributed by atoms with Crippen molar-refractivity contribution in [1.29, 1.82) is 0 Å². The number of hydrogen-bond donors (Lipinski definition) is 2. The summed E-state index contributed by atoms with van der Waals surface area (Å²) >= 11 is 0. The van der Waals surface area contributed by atoms with Gasteiger partial charge in [-0.2, -0.15) is 4.31 Å². The lowest BCUT2D eigenvalue weighted by molar-refractivity contribution is 0.236. The molecule has 0 aliphatic carbocycles. The number of aliphatic hydroxyl groups is 1. The van der Waals surface area contributed by atoms with Gasteiger partial charge in [0.2, 0.25) is 10.0 Å². The van der Waals surface area contributed by atoms with Crippen molar-refractivity contribution in [3.63, 3.8) is 0 Å². The van der Waals surface area contributed by atoms with Gasteiger partial charge in [-0.05, 0) is 26.0 Å². The third-order valence-corrected chi connectivity index (χ3v) is 4.81. The first-order valence-corrected chi connectivity index (χ1v) is 7.45. The highest BCUT2D eigenvalue weighted by Gasteiger charge is 2.28. The number of nitrogens with zero attached hydrogens (tertiary/aromatic N) is 1. The molecule has 3 N–H and O–H groups in total. The Morgan fingerprint density at radius 3 is 2.45 bits per heavy atom. The van der Waals surface area contributed by atoms with E-state index in [1.807, 2.05) is 0 Å².